The van der Waals surface area contributed by atoms with Crippen molar-refractivity contribution in [3.8, 4) is 22.4 Å². The van der Waals surface area contributed by atoms with Gasteiger partial charge in [0, 0.05) is 53.9 Å². The molecule has 1 aliphatic rings. The lowest BCUT2D eigenvalue weighted by atomic mass is 9.94. The van der Waals surface area contributed by atoms with Gasteiger partial charge in [-0.25, -0.2) is 9.48 Å². The molecule has 4 rings (SSSR count). The van der Waals surface area contributed by atoms with Gasteiger partial charge in [0.25, 0.3) is 5.56 Å². The van der Waals surface area contributed by atoms with E-state index in [2.05, 4.69) is 4.90 Å². The van der Waals surface area contributed by atoms with Crippen LogP contribution >= 0.6 is 23.2 Å². The standard InChI is InChI=1S/C27H28Cl2N4O4/c1-3-37-27(36)32-15-12-31(13-16-32)14-17-33-26(35)23(18(2)34)24(19-4-8-21(28)9-5-19)25(30-33)20-6-10-22(29)11-7-20/h4-11H,3,12-17H2,1-2H3. The zero-order chi connectivity index (χ0) is 26.5. The number of amides is 1. The monoisotopic (exact) mass is 542 g/mol. The summed E-state index contributed by atoms with van der Waals surface area (Å²) < 4.78 is 6.44. The number of carbonyl (C=O) groups is 2. The van der Waals surface area contributed by atoms with E-state index in [1.54, 1.807) is 48.2 Å². The highest BCUT2D eigenvalue weighted by Crippen LogP contribution is 2.33. The second-order valence-corrected chi connectivity index (χ2v) is 9.60. The Bertz CT molecular complexity index is 1330. The Morgan fingerprint density at radius 3 is 2.00 bits per heavy atom. The van der Waals surface area contributed by atoms with Gasteiger partial charge in [-0.1, -0.05) is 47.5 Å². The van der Waals surface area contributed by atoms with Crippen LogP contribution in [0.15, 0.2) is 53.3 Å². The Kier molecular flexibility index (Phi) is 8.63. The second-order valence-electron chi connectivity index (χ2n) is 8.72. The van der Waals surface area contributed by atoms with E-state index in [0.717, 1.165) is 5.56 Å². The molecule has 8 nitrogen and oxygen atoms in total. The number of Topliss-reactive ketones (excluding diaryl/α,β-unsaturated/α-hetero) is 1. The van der Waals surface area contributed by atoms with Gasteiger partial charge in [0.15, 0.2) is 5.78 Å². The average molecular weight is 543 g/mol. The Hall–Kier alpha value is -3.20. The SMILES string of the molecule is CCOC(=O)N1CCN(CCn2nc(-c3ccc(Cl)cc3)c(-c3ccc(Cl)cc3)c(C(C)=O)c2=O)CC1. The van der Waals surface area contributed by atoms with Gasteiger partial charge < -0.3 is 9.64 Å². The van der Waals surface area contributed by atoms with Crippen molar-refractivity contribution in [1.29, 1.82) is 0 Å². The third-order valence-electron chi connectivity index (χ3n) is 6.28. The van der Waals surface area contributed by atoms with Gasteiger partial charge in [0.1, 0.15) is 0 Å². The fourth-order valence-electron chi connectivity index (χ4n) is 4.36. The van der Waals surface area contributed by atoms with E-state index in [0.29, 0.717) is 72.7 Å². The maximum atomic E-state index is 13.5. The fourth-order valence-corrected chi connectivity index (χ4v) is 4.61. The molecule has 10 heteroatoms. The first-order valence-corrected chi connectivity index (χ1v) is 12.9. The van der Waals surface area contributed by atoms with Crippen molar-refractivity contribution in [2.45, 2.75) is 20.4 Å². The van der Waals surface area contributed by atoms with E-state index >= 15 is 0 Å². The minimum Gasteiger partial charge on any atom is -0.450 e. The molecule has 0 bridgehead atoms. The number of benzene rings is 2. The highest BCUT2D eigenvalue weighted by atomic mass is 35.5. The van der Waals surface area contributed by atoms with Gasteiger partial charge in [-0.05, 0) is 43.7 Å². The topological polar surface area (TPSA) is 84.7 Å². The minimum absolute atomic E-state index is 0.0782. The van der Waals surface area contributed by atoms with Crippen LogP contribution in [0.5, 0.6) is 0 Å². The molecule has 0 aliphatic carbocycles. The summed E-state index contributed by atoms with van der Waals surface area (Å²) in [6.45, 7) is 6.75. The van der Waals surface area contributed by atoms with Crippen LogP contribution in [0.4, 0.5) is 4.79 Å². The number of rotatable bonds is 7. The first kappa shape index (κ1) is 26.9. The molecule has 194 valence electrons. The molecule has 1 aromatic heterocycles. The summed E-state index contributed by atoms with van der Waals surface area (Å²) in [7, 11) is 0. The summed E-state index contributed by atoms with van der Waals surface area (Å²) >= 11 is 12.2. The van der Waals surface area contributed by atoms with E-state index in [1.165, 1.54) is 11.6 Å². The van der Waals surface area contributed by atoms with Crippen LogP contribution in [0.2, 0.25) is 10.0 Å². The molecule has 1 saturated heterocycles. The number of piperazine rings is 1. The number of halogens is 2. The molecule has 37 heavy (non-hydrogen) atoms. The van der Waals surface area contributed by atoms with Gasteiger partial charge in [-0.3, -0.25) is 14.5 Å². The Morgan fingerprint density at radius 1 is 0.892 bits per heavy atom. The Labute approximate surface area is 225 Å². The third kappa shape index (κ3) is 6.21. The van der Waals surface area contributed by atoms with Gasteiger partial charge >= 0.3 is 6.09 Å². The van der Waals surface area contributed by atoms with Crippen molar-refractivity contribution in [2.24, 2.45) is 0 Å². The van der Waals surface area contributed by atoms with Crippen LogP contribution in [-0.2, 0) is 11.3 Å². The first-order valence-electron chi connectivity index (χ1n) is 12.1. The van der Waals surface area contributed by atoms with E-state index in [-0.39, 0.29) is 17.4 Å². The van der Waals surface area contributed by atoms with Crippen LogP contribution in [-0.4, -0.2) is 70.8 Å². The zero-order valence-electron chi connectivity index (χ0n) is 20.7. The van der Waals surface area contributed by atoms with Gasteiger partial charge in [0.05, 0.1) is 24.4 Å². The zero-order valence-corrected chi connectivity index (χ0v) is 22.3. The number of hydrogen-bond donors (Lipinski definition) is 0. The molecular formula is C27H28Cl2N4O4. The van der Waals surface area contributed by atoms with Crippen LogP contribution in [0.25, 0.3) is 22.4 Å². The smallest absolute Gasteiger partial charge is 0.409 e. The van der Waals surface area contributed by atoms with Crippen LogP contribution in [0.3, 0.4) is 0 Å². The maximum absolute atomic E-state index is 13.5. The summed E-state index contributed by atoms with van der Waals surface area (Å²) in [6.07, 6.45) is -0.309. The van der Waals surface area contributed by atoms with Gasteiger partial charge in [-0.15, -0.1) is 0 Å². The Morgan fingerprint density at radius 2 is 1.46 bits per heavy atom. The third-order valence-corrected chi connectivity index (χ3v) is 6.79. The molecule has 1 aliphatic heterocycles. The lowest BCUT2D eigenvalue weighted by Gasteiger charge is -2.34. The summed E-state index contributed by atoms with van der Waals surface area (Å²) in [5.41, 5.74) is 2.02. The number of nitrogens with zero attached hydrogens (tertiary/aromatic N) is 4. The average Bonchev–Trinajstić information content (AvgIpc) is 2.89. The van der Waals surface area contributed by atoms with Crippen LogP contribution < -0.4 is 5.56 Å². The van der Waals surface area contributed by atoms with Crippen molar-refractivity contribution in [1.82, 2.24) is 19.6 Å². The van der Waals surface area contributed by atoms with E-state index in [1.807, 2.05) is 12.1 Å². The predicted molar refractivity (Wildman–Crippen MR) is 144 cm³/mol. The quantitative estimate of drug-likeness (QED) is 0.396. The van der Waals surface area contributed by atoms with Gasteiger partial charge in [-0.2, -0.15) is 5.10 Å². The molecule has 1 amide bonds. The molecule has 1 fully saturated rings. The van der Waals surface area contributed by atoms with Crippen molar-refractivity contribution in [3.63, 3.8) is 0 Å². The highest BCUT2D eigenvalue weighted by molar-refractivity contribution is 6.31. The lowest BCUT2D eigenvalue weighted by Crippen LogP contribution is -2.49. The van der Waals surface area contributed by atoms with Crippen molar-refractivity contribution in [3.05, 3.63) is 74.5 Å². The molecule has 0 saturated carbocycles. The molecule has 0 unspecified atom stereocenters. The second kappa shape index (κ2) is 11.9. The minimum atomic E-state index is -0.444. The van der Waals surface area contributed by atoms with Crippen molar-refractivity contribution < 1.29 is 14.3 Å². The molecule has 3 aromatic rings. The number of ketones is 1. The molecular weight excluding hydrogens is 515 g/mol. The molecule has 2 heterocycles. The van der Waals surface area contributed by atoms with E-state index in [9.17, 15) is 14.4 Å². The number of carbonyl (C=O) groups excluding carboxylic acids is 2. The Balaban J connectivity index is 1.69. The number of aromatic nitrogens is 2. The summed E-state index contributed by atoms with van der Waals surface area (Å²) in [4.78, 5) is 42.2. The molecule has 0 atom stereocenters. The maximum Gasteiger partial charge on any atom is 0.409 e. The largest absolute Gasteiger partial charge is 0.450 e. The van der Waals surface area contributed by atoms with Crippen molar-refractivity contribution in [2.75, 3.05) is 39.3 Å². The number of ether oxygens (including phenoxy) is 1. The molecule has 0 N–H and O–H groups in total. The summed E-state index contributed by atoms with van der Waals surface area (Å²) in [6, 6.07) is 14.1. The van der Waals surface area contributed by atoms with Crippen LogP contribution in [0.1, 0.15) is 24.2 Å². The molecule has 0 radical (unpaired) electrons. The number of hydrogen-bond acceptors (Lipinski definition) is 6. The first-order chi connectivity index (χ1) is 17.8. The fraction of sp³-hybridized carbons (Fsp3) is 0.333. The normalized spacial score (nSPS) is 14.0. The molecule has 2 aromatic carbocycles. The lowest BCUT2D eigenvalue weighted by molar-refractivity contribution is 0.0784. The van der Waals surface area contributed by atoms with Crippen molar-refractivity contribution >= 4 is 35.1 Å². The van der Waals surface area contributed by atoms with Crippen LogP contribution in [0, 0.1) is 0 Å². The molecule has 0 spiro atoms. The van der Waals surface area contributed by atoms with E-state index in [4.69, 9.17) is 33.0 Å². The van der Waals surface area contributed by atoms with E-state index < -0.39 is 5.56 Å². The summed E-state index contributed by atoms with van der Waals surface area (Å²) in [5, 5.41) is 5.85. The highest BCUT2D eigenvalue weighted by Gasteiger charge is 2.25. The van der Waals surface area contributed by atoms with Gasteiger partial charge in [0.2, 0.25) is 0 Å². The summed E-state index contributed by atoms with van der Waals surface area (Å²) in [5.74, 6) is -0.343. The predicted octanol–water partition coefficient (Wildman–Crippen LogP) is 4.86.